The molecule has 2 N–H and O–H groups in total. The van der Waals surface area contributed by atoms with Gasteiger partial charge >= 0.3 is 0 Å². The largest absolute Gasteiger partial charge is 0.353 e. The average Bonchev–Trinajstić information content (AvgIpc) is 2.46. The number of aromatic nitrogens is 1. The van der Waals surface area contributed by atoms with Crippen molar-refractivity contribution in [3.05, 3.63) is 58.7 Å². The molecule has 0 saturated heterocycles. The van der Waals surface area contributed by atoms with Crippen molar-refractivity contribution in [1.29, 1.82) is 0 Å². The maximum absolute atomic E-state index is 6.27. The van der Waals surface area contributed by atoms with Crippen LogP contribution in [0.2, 0.25) is 5.02 Å². The first-order valence-electron chi connectivity index (χ1n) is 6.69. The van der Waals surface area contributed by atoms with Crippen LogP contribution in [0.5, 0.6) is 0 Å². The fourth-order valence-electron chi connectivity index (χ4n) is 2.13. The van der Waals surface area contributed by atoms with E-state index in [9.17, 15) is 0 Å². The molecule has 0 aliphatic carbocycles. The van der Waals surface area contributed by atoms with Gasteiger partial charge in [-0.1, -0.05) is 29.8 Å². The van der Waals surface area contributed by atoms with Gasteiger partial charge in [0.05, 0.1) is 6.04 Å². The van der Waals surface area contributed by atoms with Gasteiger partial charge in [-0.3, -0.25) is 0 Å². The third-order valence-electron chi connectivity index (χ3n) is 3.59. The fourth-order valence-corrected chi connectivity index (χ4v) is 2.42. The van der Waals surface area contributed by atoms with Gasteiger partial charge in [0.25, 0.3) is 0 Å². The summed E-state index contributed by atoms with van der Waals surface area (Å²) in [5, 5.41) is 0.773. The SMILES string of the molecule is CC(c1ccccc1Cl)N(C)c1cc([C@H](C)N)ccn1. The van der Waals surface area contributed by atoms with Gasteiger partial charge in [0.15, 0.2) is 0 Å². The Morgan fingerprint density at radius 3 is 2.55 bits per heavy atom. The molecule has 0 spiro atoms. The Morgan fingerprint density at radius 2 is 1.90 bits per heavy atom. The van der Waals surface area contributed by atoms with Crippen LogP contribution in [0.4, 0.5) is 5.82 Å². The summed E-state index contributed by atoms with van der Waals surface area (Å²) in [5.41, 5.74) is 8.09. The smallest absolute Gasteiger partial charge is 0.129 e. The average molecular weight is 290 g/mol. The predicted molar refractivity (Wildman–Crippen MR) is 85.1 cm³/mol. The second-order valence-corrected chi connectivity index (χ2v) is 5.45. The van der Waals surface area contributed by atoms with Gasteiger partial charge < -0.3 is 10.6 Å². The Bertz CT molecular complexity index is 583. The van der Waals surface area contributed by atoms with E-state index in [1.165, 1.54) is 0 Å². The van der Waals surface area contributed by atoms with Gasteiger partial charge in [-0.25, -0.2) is 4.98 Å². The number of hydrogen-bond donors (Lipinski definition) is 1. The normalized spacial score (nSPS) is 13.8. The highest BCUT2D eigenvalue weighted by molar-refractivity contribution is 6.31. The lowest BCUT2D eigenvalue weighted by molar-refractivity contribution is 0.725. The number of pyridine rings is 1. The lowest BCUT2D eigenvalue weighted by Gasteiger charge is -2.27. The van der Waals surface area contributed by atoms with Crippen LogP contribution in [-0.2, 0) is 0 Å². The highest BCUT2D eigenvalue weighted by Crippen LogP contribution is 2.29. The number of rotatable bonds is 4. The number of nitrogens with two attached hydrogens (primary N) is 1. The summed E-state index contributed by atoms with van der Waals surface area (Å²) in [6, 6.07) is 12.0. The van der Waals surface area contributed by atoms with E-state index in [-0.39, 0.29) is 12.1 Å². The zero-order chi connectivity index (χ0) is 14.7. The van der Waals surface area contributed by atoms with E-state index in [1.807, 2.05) is 50.4 Å². The monoisotopic (exact) mass is 289 g/mol. The van der Waals surface area contributed by atoms with Crippen molar-refractivity contribution in [2.75, 3.05) is 11.9 Å². The summed E-state index contributed by atoms with van der Waals surface area (Å²) >= 11 is 6.27. The lowest BCUT2D eigenvalue weighted by Crippen LogP contribution is -2.23. The van der Waals surface area contributed by atoms with Crippen molar-refractivity contribution >= 4 is 17.4 Å². The summed E-state index contributed by atoms with van der Waals surface area (Å²) in [4.78, 5) is 6.53. The number of nitrogens with zero attached hydrogens (tertiary/aromatic N) is 2. The third kappa shape index (κ3) is 3.11. The van der Waals surface area contributed by atoms with Crippen molar-refractivity contribution in [2.24, 2.45) is 5.73 Å². The molecule has 2 atom stereocenters. The van der Waals surface area contributed by atoms with E-state index < -0.39 is 0 Å². The highest BCUT2D eigenvalue weighted by Gasteiger charge is 2.16. The van der Waals surface area contributed by atoms with Crippen LogP contribution >= 0.6 is 11.6 Å². The molecule has 0 radical (unpaired) electrons. The van der Waals surface area contributed by atoms with Gasteiger partial charge in [-0.15, -0.1) is 0 Å². The Kier molecular flexibility index (Phi) is 4.63. The molecule has 3 nitrogen and oxygen atoms in total. The van der Waals surface area contributed by atoms with Gasteiger partial charge in [0, 0.05) is 24.3 Å². The van der Waals surface area contributed by atoms with Gasteiger partial charge in [0.2, 0.25) is 0 Å². The van der Waals surface area contributed by atoms with Crippen LogP contribution in [0.3, 0.4) is 0 Å². The minimum Gasteiger partial charge on any atom is -0.353 e. The summed E-state index contributed by atoms with van der Waals surface area (Å²) in [6.07, 6.45) is 1.80. The van der Waals surface area contributed by atoms with Crippen molar-refractivity contribution in [3.8, 4) is 0 Å². The first-order chi connectivity index (χ1) is 9.50. The molecule has 0 bridgehead atoms. The summed E-state index contributed by atoms with van der Waals surface area (Å²) in [5.74, 6) is 0.896. The minimum atomic E-state index is 0.000712. The molecule has 0 aliphatic heterocycles. The van der Waals surface area contributed by atoms with E-state index in [2.05, 4.69) is 16.8 Å². The van der Waals surface area contributed by atoms with Crippen molar-refractivity contribution < 1.29 is 0 Å². The van der Waals surface area contributed by atoms with Crippen molar-refractivity contribution in [1.82, 2.24) is 4.98 Å². The molecule has 1 heterocycles. The molecule has 2 rings (SSSR count). The quantitative estimate of drug-likeness (QED) is 0.926. The maximum Gasteiger partial charge on any atom is 0.129 e. The molecular formula is C16H20ClN3. The minimum absolute atomic E-state index is 0.000712. The molecule has 0 fully saturated rings. The Balaban J connectivity index is 2.29. The lowest BCUT2D eigenvalue weighted by atomic mass is 10.1. The summed E-state index contributed by atoms with van der Waals surface area (Å²) < 4.78 is 0. The summed E-state index contributed by atoms with van der Waals surface area (Å²) in [6.45, 7) is 4.08. The maximum atomic E-state index is 6.27. The fraction of sp³-hybridized carbons (Fsp3) is 0.312. The predicted octanol–water partition coefficient (Wildman–Crippen LogP) is 3.95. The van der Waals surface area contributed by atoms with E-state index in [0.717, 1.165) is 22.0 Å². The Hall–Kier alpha value is -1.58. The Morgan fingerprint density at radius 1 is 1.20 bits per heavy atom. The molecule has 1 unspecified atom stereocenters. The molecule has 106 valence electrons. The standard InChI is InChI=1S/C16H20ClN3/c1-11(18)13-8-9-19-16(10-13)20(3)12(2)14-6-4-5-7-15(14)17/h4-12H,18H2,1-3H3/t11-,12?/m0/s1. The molecule has 0 saturated carbocycles. The summed E-state index contributed by atoms with van der Waals surface area (Å²) in [7, 11) is 2.02. The molecule has 0 aliphatic rings. The molecule has 4 heteroatoms. The van der Waals surface area contributed by atoms with Crippen LogP contribution in [0.15, 0.2) is 42.6 Å². The number of halogens is 1. The number of benzene rings is 1. The van der Waals surface area contributed by atoms with Gasteiger partial charge in [0.1, 0.15) is 5.82 Å². The number of hydrogen-bond acceptors (Lipinski definition) is 3. The Labute approximate surface area is 125 Å². The topological polar surface area (TPSA) is 42.1 Å². The van der Waals surface area contributed by atoms with E-state index in [1.54, 1.807) is 6.20 Å². The van der Waals surface area contributed by atoms with Crippen LogP contribution in [0.1, 0.15) is 37.1 Å². The second-order valence-electron chi connectivity index (χ2n) is 5.04. The zero-order valence-corrected chi connectivity index (χ0v) is 12.8. The van der Waals surface area contributed by atoms with Crippen LogP contribution < -0.4 is 10.6 Å². The van der Waals surface area contributed by atoms with E-state index in [4.69, 9.17) is 17.3 Å². The van der Waals surface area contributed by atoms with E-state index in [0.29, 0.717) is 0 Å². The molecular weight excluding hydrogens is 270 g/mol. The van der Waals surface area contributed by atoms with Crippen molar-refractivity contribution in [3.63, 3.8) is 0 Å². The highest BCUT2D eigenvalue weighted by atomic mass is 35.5. The van der Waals surface area contributed by atoms with E-state index >= 15 is 0 Å². The number of anilines is 1. The third-order valence-corrected chi connectivity index (χ3v) is 3.94. The van der Waals surface area contributed by atoms with Gasteiger partial charge in [-0.2, -0.15) is 0 Å². The van der Waals surface area contributed by atoms with Crippen LogP contribution in [0.25, 0.3) is 0 Å². The van der Waals surface area contributed by atoms with Crippen molar-refractivity contribution in [2.45, 2.75) is 25.9 Å². The zero-order valence-electron chi connectivity index (χ0n) is 12.0. The second kappa shape index (κ2) is 6.25. The first kappa shape index (κ1) is 14.8. The van der Waals surface area contributed by atoms with Gasteiger partial charge in [-0.05, 0) is 43.2 Å². The molecule has 1 aromatic carbocycles. The molecule has 0 amide bonds. The molecule has 1 aromatic heterocycles. The molecule has 2 aromatic rings. The molecule has 20 heavy (non-hydrogen) atoms. The van der Waals surface area contributed by atoms with Crippen LogP contribution in [-0.4, -0.2) is 12.0 Å². The van der Waals surface area contributed by atoms with Crippen LogP contribution in [0, 0.1) is 0 Å². The first-order valence-corrected chi connectivity index (χ1v) is 7.07.